The van der Waals surface area contributed by atoms with Gasteiger partial charge in [-0.1, -0.05) is 30.3 Å². The molecule has 0 radical (unpaired) electrons. The van der Waals surface area contributed by atoms with E-state index in [9.17, 15) is 9.83 Å². The van der Waals surface area contributed by atoms with Crippen LogP contribution in [0.1, 0.15) is 44.6 Å². The first kappa shape index (κ1) is 25.2. The zero-order chi connectivity index (χ0) is 22.9. The highest BCUT2D eigenvalue weighted by molar-refractivity contribution is 7.98. The van der Waals surface area contributed by atoms with Gasteiger partial charge in [-0.05, 0) is 39.5 Å². The van der Waals surface area contributed by atoms with Crippen molar-refractivity contribution >= 4 is 31.5 Å². The van der Waals surface area contributed by atoms with Crippen molar-refractivity contribution in [3.05, 3.63) is 41.5 Å². The van der Waals surface area contributed by atoms with E-state index in [1.165, 1.54) is 16.4 Å². The second-order valence-electron chi connectivity index (χ2n) is 6.39. The fraction of sp³-hybridized carbons (Fsp3) is 0.476. The predicted octanol–water partition coefficient (Wildman–Crippen LogP) is 5.29. The average molecular weight is 464 g/mol. The highest BCUT2D eigenvalue weighted by Crippen LogP contribution is 2.62. The van der Waals surface area contributed by atoms with Crippen LogP contribution in [0.15, 0.2) is 40.4 Å². The van der Waals surface area contributed by atoms with Gasteiger partial charge in [0.2, 0.25) is 0 Å². The molecule has 0 aliphatic heterocycles. The van der Waals surface area contributed by atoms with Crippen molar-refractivity contribution < 1.29 is 13.6 Å². The zero-order valence-corrected chi connectivity index (χ0v) is 20.4. The van der Waals surface area contributed by atoms with Gasteiger partial charge in [0.25, 0.3) is 0 Å². The fourth-order valence-electron chi connectivity index (χ4n) is 3.08. The van der Waals surface area contributed by atoms with E-state index in [1.54, 1.807) is 20.2 Å². The highest BCUT2D eigenvalue weighted by Gasteiger charge is 2.41. The van der Waals surface area contributed by atoms with Crippen LogP contribution in [0.4, 0.5) is 5.82 Å². The van der Waals surface area contributed by atoms with Gasteiger partial charge in [-0.15, -0.1) is 11.8 Å². The molecule has 0 fully saturated rings. The molecule has 2 rings (SSSR count). The van der Waals surface area contributed by atoms with Crippen LogP contribution in [0.25, 0.3) is 0 Å². The smallest absolute Gasteiger partial charge is 0.359 e. The Kier molecular flexibility index (Phi) is 9.79. The molecule has 0 bridgehead atoms. The third-order valence-electron chi connectivity index (χ3n) is 4.56. The van der Waals surface area contributed by atoms with Crippen LogP contribution in [-0.2, 0) is 13.6 Å². The van der Waals surface area contributed by atoms with Crippen molar-refractivity contribution in [1.82, 2.24) is 14.7 Å². The number of nitriles is 1. The summed E-state index contributed by atoms with van der Waals surface area (Å²) >= 11 is 1.34. The summed E-state index contributed by atoms with van der Waals surface area (Å²) in [6.45, 7) is 9.54. The summed E-state index contributed by atoms with van der Waals surface area (Å²) < 4.78 is 26.9. The molecule has 0 N–H and O–H groups in total. The van der Waals surface area contributed by atoms with Gasteiger partial charge in [-0.3, -0.25) is 4.57 Å². The van der Waals surface area contributed by atoms with E-state index in [0.29, 0.717) is 22.0 Å². The number of hydrogen-bond donors (Lipinski definition) is 0. The van der Waals surface area contributed by atoms with Crippen molar-refractivity contribution in [1.29, 1.82) is 5.26 Å². The summed E-state index contributed by atoms with van der Waals surface area (Å²) in [4.78, 5) is 6.60. The first-order valence-electron chi connectivity index (χ1n) is 10.3. The van der Waals surface area contributed by atoms with Gasteiger partial charge >= 0.3 is 7.60 Å². The van der Waals surface area contributed by atoms with Gasteiger partial charge in [0.1, 0.15) is 16.7 Å². The Labute approximate surface area is 188 Å². The third-order valence-corrected chi connectivity index (χ3v) is 7.59. The molecule has 0 spiro atoms. The summed E-state index contributed by atoms with van der Waals surface area (Å²) in [6, 6.07) is 11.5. The first-order chi connectivity index (χ1) is 15.0. The molecule has 8 nitrogen and oxygen atoms in total. The number of aromatic nitrogens is 2. The maximum atomic E-state index is 14.0. The predicted molar refractivity (Wildman–Crippen MR) is 125 cm³/mol. The molecule has 31 heavy (non-hydrogen) atoms. The van der Waals surface area contributed by atoms with Gasteiger partial charge in [0, 0.05) is 13.1 Å². The molecule has 1 atom stereocenters. The topological polar surface area (TPSA) is 92.7 Å². The molecule has 1 aromatic carbocycles. The Balaban J connectivity index is 2.80. The Morgan fingerprint density at radius 3 is 2.32 bits per heavy atom. The van der Waals surface area contributed by atoms with Crippen LogP contribution in [0, 0.1) is 11.3 Å². The summed E-state index contributed by atoms with van der Waals surface area (Å²) in [5, 5.41) is 15.0. The zero-order valence-electron chi connectivity index (χ0n) is 18.7. The Bertz CT molecular complexity index is 944. The number of aliphatic imine (C=N–C) groups is 1. The first-order valence-corrected chi connectivity index (χ1v) is 13.1. The summed E-state index contributed by atoms with van der Waals surface area (Å²) in [6.07, 6.45) is 3.53. The molecule has 0 saturated carbocycles. The Morgan fingerprint density at radius 2 is 1.84 bits per heavy atom. The van der Waals surface area contributed by atoms with Crippen molar-refractivity contribution in [2.45, 2.75) is 38.5 Å². The van der Waals surface area contributed by atoms with Crippen LogP contribution >= 0.6 is 19.4 Å². The molecule has 0 amide bonds. The number of benzene rings is 1. The molecule has 1 unspecified atom stereocenters. The van der Waals surface area contributed by atoms with E-state index in [4.69, 9.17) is 9.05 Å². The third kappa shape index (κ3) is 5.78. The molecule has 168 valence electrons. The second kappa shape index (κ2) is 12.1. The lowest BCUT2D eigenvalue weighted by Gasteiger charge is -2.27. The quantitative estimate of drug-likeness (QED) is 0.183. The van der Waals surface area contributed by atoms with E-state index >= 15 is 0 Å². The Morgan fingerprint density at radius 1 is 1.23 bits per heavy atom. The van der Waals surface area contributed by atoms with E-state index in [-0.39, 0.29) is 13.2 Å². The normalized spacial score (nSPS) is 12.8. The van der Waals surface area contributed by atoms with Crippen LogP contribution < -0.4 is 0 Å². The van der Waals surface area contributed by atoms with Crippen LogP contribution in [-0.4, -0.2) is 53.6 Å². The van der Waals surface area contributed by atoms with E-state index in [1.807, 2.05) is 55.3 Å². The molecular formula is C21H30N5O3PS. The maximum Gasteiger partial charge on any atom is 0.359 e. The molecule has 0 aliphatic carbocycles. The van der Waals surface area contributed by atoms with E-state index in [0.717, 1.165) is 13.1 Å². The molecule has 1 aromatic heterocycles. The van der Waals surface area contributed by atoms with Crippen LogP contribution in [0.3, 0.4) is 0 Å². The van der Waals surface area contributed by atoms with Crippen molar-refractivity contribution in [2.75, 3.05) is 32.6 Å². The van der Waals surface area contributed by atoms with Crippen molar-refractivity contribution in [2.24, 2.45) is 4.99 Å². The van der Waals surface area contributed by atoms with Gasteiger partial charge < -0.3 is 13.9 Å². The largest absolute Gasteiger partial charge is 0.363 e. The molecule has 1 heterocycles. The van der Waals surface area contributed by atoms with Gasteiger partial charge in [0.15, 0.2) is 11.6 Å². The van der Waals surface area contributed by atoms with Gasteiger partial charge in [0.05, 0.1) is 19.6 Å². The fourth-order valence-corrected chi connectivity index (χ4v) is 5.64. The maximum absolute atomic E-state index is 14.0. The second-order valence-corrected chi connectivity index (χ2v) is 9.27. The van der Waals surface area contributed by atoms with Crippen LogP contribution in [0.2, 0.25) is 0 Å². The highest BCUT2D eigenvalue weighted by atomic mass is 32.2. The number of rotatable bonds is 12. The number of thioether (sulfide) groups is 1. The molecule has 10 heteroatoms. The minimum Gasteiger partial charge on any atom is -0.363 e. The number of hydrogen-bond acceptors (Lipinski definition) is 7. The minimum atomic E-state index is -3.69. The Hall–Kier alpha value is -2.11. The lowest BCUT2D eigenvalue weighted by molar-refractivity contribution is 0.206. The summed E-state index contributed by atoms with van der Waals surface area (Å²) in [7, 11) is -3.69. The average Bonchev–Trinajstić information content (AvgIpc) is 3.12. The summed E-state index contributed by atoms with van der Waals surface area (Å²) in [5.41, 5.74) is 1.03. The van der Waals surface area contributed by atoms with Gasteiger partial charge in [-0.25, -0.2) is 9.67 Å². The molecule has 0 aliphatic rings. The summed E-state index contributed by atoms with van der Waals surface area (Å²) in [5.74, 6) is -0.558. The SMILES string of the molecule is CCOP(=O)(OCC)C(c1ccccc1)n1nc(SC)c(C#N)c1/N=C/N(CC)CC. The van der Waals surface area contributed by atoms with E-state index in [2.05, 4.69) is 16.2 Å². The van der Waals surface area contributed by atoms with Crippen molar-refractivity contribution in [3.63, 3.8) is 0 Å². The van der Waals surface area contributed by atoms with E-state index < -0.39 is 13.4 Å². The lowest BCUT2D eigenvalue weighted by atomic mass is 10.2. The monoisotopic (exact) mass is 463 g/mol. The molecular weight excluding hydrogens is 433 g/mol. The minimum absolute atomic E-state index is 0.209. The van der Waals surface area contributed by atoms with Crippen molar-refractivity contribution in [3.8, 4) is 6.07 Å². The van der Waals surface area contributed by atoms with Crippen LogP contribution in [0.5, 0.6) is 0 Å². The van der Waals surface area contributed by atoms with Gasteiger partial charge in [-0.2, -0.15) is 10.4 Å². The lowest BCUT2D eigenvalue weighted by Crippen LogP contribution is -2.21. The number of nitrogens with zero attached hydrogens (tertiary/aromatic N) is 5. The molecule has 0 saturated heterocycles. The molecule has 2 aromatic rings. The standard InChI is InChI=1S/C21H30N5O3PS/c1-6-25(7-2)16-23-19-18(15-22)20(31-5)24-26(19)21(17-13-11-10-12-14-17)30(27,28-8-3)29-9-4/h10-14,16,21H,6-9H2,1-5H3/b23-16+.